The highest BCUT2D eigenvalue weighted by atomic mass is 19.1. The Hall–Kier alpha value is -3.33. The molecule has 4 rings (SSSR count). The Labute approximate surface area is 161 Å². The smallest absolute Gasteiger partial charge is 0.248 e. The minimum absolute atomic E-state index is 0.0957. The van der Waals surface area contributed by atoms with Crippen molar-refractivity contribution in [2.45, 2.75) is 19.1 Å². The molecule has 28 heavy (non-hydrogen) atoms. The molecule has 3 aromatic heterocycles. The molecule has 0 unspecified atom stereocenters. The highest BCUT2D eigenvalue weighted by Gasteiger charge is 2.30. The molecule has 4 heterocycles. The number of amides is 1. The van der Waals surface area contributed by atoms with Crippen LogP contribution in [0, 0.1) is 5.82 Å². The van der Waals surface area contributed by atoms with Crippen LogP contribution in [0.1, 0.15) is 11.4 Å². The molecule has 0 spiro atoms. The Balaban J connectivity index is 1.43. The first-order chi connectivity index (χ1) is 13.6. The third-order valence-electron chi connectivity index (χ3n) is 4.46. The summed E-state index contributed by atoms with van der Waals surface area (Å²) < 4.78 is 21.4. The van der Waals surface area contributed by atoms with Gasteiger partial charge in [0.05, 0.1) is 18.4 Å². The third-order valence-corrected chi connectivity index (χ3v) is 4.46. The van der Waals surface area contributed by atoms with E-state index < -0.39 is 11.9 Å². The van der Waals surface area contributed by atoms with Crippen molar-refractivity contribution in [1.29, 1.82) is 0 Å². The van der Waals surface area contributed by atoms with Crippen molar-refractivity contribution in [2.24, 2.45) is 0 Å². The van der Waals surface area contributed by atoms with Crippen LogP contribution in [0.4, 0.5) is 10.2 Å². The van der Waals surface area contributed by atoms with E-state index in [1.54, 1.807) is 31.6 Å². The van der Waals surface area contributed by atoms with E-state index >= 15 is 0 Å². The Morgan fingerprint density at radius 1 is 1.25 bits per heavy atom. The van der Waals surface area contributed by atoms with E-state index in [0.717, 1.165) is 5.69 Å². The van der Waals surface area contributed by atoms with Crippen molar-refractivity contribution in [3.8, 4) is 5.75 Å². The summed E-state index contributed by atoms with van der Waals surface area (Å²) in [5.74, 6) is 0.352. The molecule has 1 aliphatic rings. The molecule has 8 nitrogen and oxygen atoms in total. The fourth-order valence-electron chi connectivity index (χ4n) is 2.99. The maximum atomic E-state index is 14.3. The van der Waals surface area contributed by atoms with Gasteiger partial charge in [0.2, 0.25) is 5.91 Å². The van der Waals surface area contributed by atoms with Gasteiger partial charge in [-0.25, -0.2) is 9.37 Å². The molecular weight excluding hydrogens is 363 g/mol. The molecule has 1 N–H and O–H groups in total. The van der Waals surface area contributed by atoms with Gasteiger partial charge in [0.15, 0.2) is 17.4 Å². The zero-order chi connectivity index (χ0) is 19.5. The molecule has 0 aromatic carbocycles. The van der Waals surface area contributed by atoms with Gasteiger partial charge in [-0.1, -0.05) is 6.07 Å². The number of ether oxygens (including phenoxy) is 1. The minimum Gasteiger partial charge on any atom is -0.488 e. The molecule has 9 heteroatoms. The van der Waals surface area contributed by atoms with E-state index in [4.69, 9.17) is 4.74 Å². The molecule has 0 fully saturated rings. The van der Waals surface area contributed by atoms with Crippen LogP contribution in [-0.2, 0) is 17.9 Å². The van der Waals surface area contributed by atoms with E-state index in [0.29, 0.717) is 18.1 Å². The van der Waals surface area contributed by atoms with Gasteiger partial charge in [-0.05, 0) is 24.3 Å². The van der Waals surface area contributed by atoms with E-state index in [-0.39, 0.29) is 24.8 Å². The fourth-order valence-corrected chi connectivity index (χ4v) is 2.99. The van der Waals surface area contributed by atoms with Crippen LogP contribution >= 0.6 is 0 Å². The number of hydrogen-bond donors (Lipinski definition) is 1. The lowest BCUT2D eigenvalue weighted by atomic mass is 10.2. The third kappa shape index (κ3) is 3.70. The highest BCUT2D eigenvalue weighted by molar-refractivity contribution is 5.97. The Morgan fingerprint density at radius 2 is 2.11 bits per heavy atom. The Morgan fingerprint density at radius 3 is 2.93 bits per heavy atom. The number of hydrogen-bond acceptors (Lipinski definition) is 6. The lowest BCUT2D eigenvalue weighted by Gasteiger charge is -2.19. The number of rotatable bonds is 5. The second-order valence-electron chi connectivity index (χ2n) is 6.41. The summed E-state index contributed by atoms with van der Waals surface area (Å²) in [6, 6.07) is 8.40. The predicted octanol–water partition coefficient (Wildman–Crippen LogP) is 1.37. The predicted molar refractivity (Wildman–Crippen MR) is 99.3 cm³/mol. The summed E-state index contributed by atoms with van der Waals surface area (Å²) >= 11 is 0. The molecule has 0 saturated heterocycles. The molecule has 144 valence electrons. The van der Waals surface area contributed by atoms with E-state index in [2.05, 4.69) is 20.4 Å². The summed E-state index contributed by atoms with van der Waals surface area (Å²) in [4.78, 5) is 22.5. The zero-order valence-corrected chi connectivity index (χ0v) is 15.2. The molecule has 1 aliphatic heterocycles. The maximum Gasteiger partial charge on any atom is 0.248 e. The van der Waals surface area contributed by atoms with Gasteiger partial charge in [0.25, 0.3) is 0 Å². The van der Waals surface area contributed by atoms with Crippen LogP contribution in [0.3, 0.4) is 0 Å². The van der Waals surface area contributed by atoms with Crippen molar-refractivity contribution in [2.75, 3.05) is 18.6 Å². The molecule has 0 aliphatic carbocycles. The van der Waals surface area contributed by atoms with Crippen LogP contribution < -0.4 is 15.0 Å². The monoisotopic (exact) mass is 382 g/mol. The lowest BCUT2D eigenvalue weighted by Crippen LogP contribution is -2.47. The number of carbonyl (C=O) groups excluding carboxylic acids is 1. The van der Waals surface area contributed by atoms with Crippen LogP contribution in [-0.4, -0.2) is 45.4 Å². The summed E-state index contributed by atoms with van der Waals surface area (Å²) in [6.45, 7) is 0.587. The molecule has 1 amide bonds. The number of fused-ring (bicyclic) bond motifs is 1. The molecule has 0 saturated carbocycles. The average Bonchev–Trinajstić information content (AvgIpc) is 3.01. The largest absolute Gasteiger partial charge is 0.488 e. The van der Waals surface area contributed by atoms with Gasteiger partial charge in [0.1, 0.15) is 18.3 Å². The SMILES string of the molecule is CN1C(=O)[C@@H](NCc2nn(Cc3ccccn3)cc2F)COc2cccnc21. The topological polar surface area (TPSA) is 85.2 Å². The first kappa shape index (κ1) is 18.1. The van der Waals surface area contributed by atoms with Gasteiger partial charge in [-0.3, -0.25) is 24.7 Å². The van der Waals surface area contributed by atoms with E-state index in [1.807, 2.05) is 18.2 Å². The van der Waals surface area contributed by atoms with Crippen LogP contribution in [0.25, 0.3) is 0 Å². The molecule has 0 radical (unpaired) electrons. The lowest BCUT2D eigenvalue weighted by molar-refractivity contribution is -0.120. The second-order valence-corrected chi connectivity index (χ2v) is 6.41. The van der Waals surface area contributed by atoms with Crippen molar-refractivity contribution in [3.05, 3.63) is 66.1 Å². The van der Waals surface area contributed by atoms with Crippen LogP contribution in [0.15, 0.2) is 48.9 Å². The quantitative estimate of drug-likeness (QED) is 0.718. The van der Waals surface area contributed by atoms with Gasteiger partial charge in [-0.15, -0.1) is 0 Å². The van der Waals surface area contributed by atoms with Crippen molar-refractivity contribution >= 4 is 11.7 Å². The number of nitrogens with one attached hydrogen (secondary N) is 1. The van der Waals surface area contributed by atoms with Crippen LogP contribution in [0.2, 0.25) is 0 Å². The number of anilines is 1. The molecule has 1 atom stereocenters. The number of nitrogens with zero attached hydrogens (tertiary/aromatic N) is 5. The highest BCUT2D eigenvalue weighted by Crippen LogP contribution is 2.27. The van der Waals surface area contributed by atoms with Gasteiger partial charge < -0.3 is 4.74 Å². The number of likely N-dealkylation sites (N-methyl/N-ethyl adjacent to an activating group) is 1. The van der Waals surface area contributed by atoms with Crippen molar-refractivity contribution in [3.63, 3.8) is 0 Å². The van der Waals surface area contributed by atoms with Crippen molar-refractivity contribution in [1.82, 2.24) is 25.1 Å². The number of carbonyl (C=O) groups is 1. The maximum absolute atomic E-state index is 14.3. The van der Waals surface area contributed by atoms with Gasteiger partial charge in [-0.2, -0.15) is 5.10 Å². The number of halogens is 1. The van der Waals surface area contributed by atoms with E-state index in [1.165, 1.54) is 15.8 Å². The molecule has 0 bridgehead atoms. The summed E-state index contributed by atoms with van der Waals surface area (Å²) in [5, 5.41) is 7.29. The Bertz CT molecular complexity index is 978. The summed E-state index contributed by atoms with van der Waals surface area (Å²) in [7, 11) is 1.64. The van der Waals surface area contributed by atoms with Gasteiger partial charge >= 0.3 is 0 Å². The minimum atomic E-state index is -0.639. The molecular formula is C19H19FN6O2. The van der Waals surface area contributed by atoms with E-state index in [9.17, 15) is 9.18 Å². The Kier molecular flexibility index (Phi) is 4.98. The standard InChI is InChI=1S/C19H19FN6O2/c1-25-18-17(6-4-8-22-18)28-12-16(19(25)27)23-9-15-14(20)11-26(24-15)10-13-5-2-3-7-21-13/h2-8,11,16,23H,9-10,12H2,1H3/t16-/m0/s1. The fraction of sp³-hybridized carbons (Fsp3) is 0.263. The first-order valence-electron chi connectivity index (χ1n) is 8.82. The summed E-state index contributed by atoms with van der Waals surface area (Å²) in [6.07, 6.45) is 4.60. The number of aromatic nitrogens is 4. The zero-order valence-electron chi connectivity index (χ0n) is 15.2. The van der Waals surface area contributed by atoms with Crippen molar-refractivity contribution < 1.29 is 13.9 Å². The van der Waals surface area contributed by atoms with Crippen LogP contribution in [0.5, 0.6) is 5.75 Å². The normalized spacial score (nSPS) is 16.4. The average molecular weight is 382 g/mol. The first-order valence-corrected chi connectivity index (χ1v) is 8.82. The number of pyridine rings is 2. The summed E-state index contributed by atoms with van der Waals surface area (Å²) in [5.41, 5.74) is 1.01. The molecule has 3 aromatic rings. The van der Waals surface area contributed by atoms with Gasteiger partial charge in [0, 0.05) is 26.0 Å². The second kappa shape index (κ2) is 7.73.